The molecule has 1 aliphatic carbocycles. The normalized spacial score (nSPS) is 20.7. The van der Waals surface area contributed by atoms with Crippen LogP contribution < -0.4 is 10.6 Å². The van der Waals surface area contributed by atoms with Gasteiger partial charge in [0, 0.05) is 12.1 Å². The van der Waals surface area contributed by atoms with Crippen molar-refractivity contribution >= 4 is 11.8 Å². The second kappa shape index (κ2) is 7.59. The van der Waals surface area contributed by atoms with Gasteiger partial charge in [0.15, 0.2) is 11.5 Å². The van der Waals surface area contributed by atoms with Crippen molar-refractivity contribution in [2.45, 2.75) is 58.0 Å². The highest BCUT2D eigenvalue weighted by molar-refractivity contribution is 5.93. The molecule has 1 saturated carbocycles. The first kappa shape index (κ1) is 17.3. The van der Waals surface area contributed by atoms with Crippen molar-refractivity contribution in [2.75, 3.05) is 0 Å². The summed E-state index contributed by atoms with van der Waals surface area (Å²) in [7, 11) is 0. The van der Waals surface area contributed by atoms with E-state index in [2.05, 4.69) is 10.6 Å². The molecule has 0 aromatic carbocycles. The molecule has 134 valence electrons. The molecule has 1 fully saturated rings. The smallest absolute Gasteiger partial charge is 0.287 e. The monoisotopic (exact) mass is 344 g/mol. The first-order chi connectivity index (χ1) is 12.0. The van der Waals surface area contributed by atoms with Gasteiger partial charge in [-0.1, -0.05) is 19.3 Å². The van der Waals surface area contributed by atoms with E-state index in [-0.39, 0.29) is 23.9 Å². The van der Waals surface area contributed by atoms with Gasteiger partial charge in [-0.3, -0.25) is 9.59 Å². The molecule has 2 aromatic rings. The van der Waals surface area contributed by atoms with Crippen LogP contribution in [-0.2, 0) is 0 Å². The van der Waals surface area contributed by atoms with Gasteiger partial charge in [0.2, 0.25) is 0 Å². The zero-order valence-electron chi connectivity index (χ0n) is 14.6. The van der Waals surface area contributed by atoms with Crippen LogP contribution in [0.4, 0.5) is 0 Å². The third-order valence-electron chi connectivity index (χ3n) is 4.56. The predicted molar refractivity (Wildman–Crippen MR) is 92.5 cm³/mol. The van der Waals surface area contributed by atoms with Crippen LogP contribution in [0.2, 0.25) is 0 Å². The zero-order chi connectivity index (χ0) is 17.8. The van der Waals surface area contributed by atoms with Crippen molar-refractivity contribution < 1.29 is 18.4 Å². The van der Waals surface area contributed by atoms with E-state index >= 15 is 0 Å². The fourth-order valence-corrected chi connectivity index (χ4v) is 3.23. The fraction of sp³-hybridized carbons (Fsp3) is 0.474. The number of furan rings is 2. The van der Waals surface area contributed by atoms with Crippen LogP contribution in [-0.4, -0.2) is 23.9 Å². The second-order valence-electron chi connectivity index (χ2n) is 6.77. The van der Waals surface area contributed by atoms with Crippen LogP contribution in [0.3, 0.4) is 0 Å². The number of nitrogens with one attached hydrogen (secondary N) is 2. The molecule has 3 rings (SSSR count). The number of carbonyl (C=O) groups excluding carboxylic acids is 2. The Morgan fingerprint density at radius 1 is 0.840 bits per heavy atom. The van der Waals surface area contributed by atoms with Crippen LogP contribution in [0.1, 0.15) is 64.3 Å². The lowest BCUT2D eigenvalue weighted by Gasteiger charge is -2.26. The van der Waals surface area contributed by atoms with Gasteiger partial charge >= 0.3 is 0 Å². The minimum atomic E-state index is -0.243. The second-order valence-corrected chi connectivity index (χ2v) is 6.77. The van der Waals surface area contributed by atoms with Gasteiger partial charge in [0.25, 0.3) is 11.8 Å². The summed E-state index contributed by atoms with van der Waals surface area (Å²) in [5, 5.41) is 6.05. The molecule has 0 bridgehead atoms. The molecule has 2 N–H and O–H groups in total. The predicted octanol–water partition coefficient (Wildman–Crippen LogP) is 3.35. The van der Waals surface area contributed by atoms with Gasteiger partial charge in [0.1, 0.15) is 0 Å². The number of carbonyl (C=O) groups is 2. The summed E-state index contributed by atoms with van der Waals surface area (Å²) in [6.07, 6.45) is 7.91. The Morgan fingerprint density at radius 3 is 1.64 bits per heavy atom. The Hall–Kier alpha value is -2.50. The molecule has 25 heavy (non-hydrogen) atoms. The molecule has 2 aromatic heterocycles. The summed E-state index contributed by atoms with van der Waals surface area (Å²) >= 11 is 0. The first-order valence-corrected chi connectivity index (χ1v) is 8.75. The number of amides is 2. The average molecular weight is 344 g/mol. The third kappa shape index (κ3) is 4.32. The Morgan fingerprint density at radius 2 is 1.28 bits per heavy atom. The molecular formula is C19H24N2O4. The summed E-state index contributed by atoms with van der Waals surface area (Å²) in [5.74, 6) is 0.114. The van der Waals surface area contributed by atoms with E-state index in [1.165, 1.54) is 0 Å². The standard InChI is InChI=1S/C19H24N2O4/c1-12-8-16(24-10-12)18(22)20-14-6-4-3-5-7-15(14)21-19(23)17-9-13(2)11-25-17/h8-11,14-15H,3-7H2,1-2H3,(H,20,22)(H,21,23)/t14-,15+. The Bertz CT molecular complexity index is 684. The molecular weight excluding hydrogens is 320 g/mol. The van der Waals surface area contributed by atoms with Crippen molar-refractivity contribution in [2.24, 2.45) is 0 Å². The molecule has 2 atom stereocenters. The lowest BCUT2D eigenvalue weighted by molar-refractivity contribution is 0.0851. The van der Waals surface area contributed by atoms with Crippen molar-refractivity contribution in [3.63, 3.8) is 0 Å². The van der Waals surface area contributed by atoms with Gasteiger partial charge in [-0.15, -0.1) is 0 Å². The quantitative estimate of drug-likeness (QED) is 0.833. The highest BCUT2D eigenvalue weighted by Crippen LogP contribution is 2.20. The molecule has 0 saturated heterocycles. The lowest BCUT2D eigenvalue weighted by Crippen LogP contribution is -2.51. The van der Waals surface area contributed by atoms with E-state index < -0.39 is 0 Å². The number of aryl methyl sites for hydroxylation is 2. The SMILES string of the molecule is Cc1coc(C(=O)N[C@H]2CCCCC[C@H]2NC(=O)c2cc(C)co2)c1. The van der Waals surface area contributed by atoms with Crippen LogP contribution in [0.15, 0.2) is 33.5 Å². The van der Waals surface area contributed by atoms with E-state index in [1.54, 1.807) is 24.7 Å². The van der Waals surface area contributed by atoms with E-state index in [1.807, 2.05) is 13.8 Å². The Labute approximate surface area is 147 Å². The molecule has 2 amide bonds. The number of rotatable bonds is 4. The highest BCUT2D eigenvalue weighted by atomic mass is 16.3. The topological polar surface area (TPSA) is 84.5 Å². The summed E-state index contributed by atoms with van der Waals surface area (Å²) in [5.41, 5.74) is 1.81. The van der Waals surface area contributed by atoms with Crippen molar-refractivity contribution in [3.8, 4) is 0 Å². The van der Waals surface area contributed by atoms with Crippen LogP contribution in [0, 0.1) is 13.8 Å². The third-order valence-corrected chi connectivity index (χ3v) is 4.56. The van der Waals surface area contributed by atoms with Gasteiger partial charge in [-0.25, -0.2) is 0 Å². The van der Waals surface area contributed by atoms with Crippen molar-refractivity contribution in [1.29, 1.82) is 0 Å². The molecule has 0 unspecified atom stereocenters. The molecule has 0 radical (unpaired) electrons. The fourth-order valence-electron chi connectivity index (χ4n) is 3.23. The van der Waals surface area contributed by atoms with Crippen molar-refractivity contribution in [3.05, 3.63) is 47.3 Å². The lowest BCUT2D eigenvalue weighted by atomic mass is 10.0. The van der Waals surface area contributed by atoms with E-state index in [4.69, 9.17) is 8.83 Å². The Balaban J connectivity index is 1.68. The maximum Gasteiger partial charge on any atom is 0.287 e. The minimum Gasteiger partial charge on any atom is -0.459 e. The molecule has 1 aliphatic rings. The molecule has 2 heterocycles. The molecule has 0 aliphatic heterocycles. The van der Waals surface area contributed by atoms with E-state index in [9.17, 15) is 9.59 Å². The first-order valence-electron chi connectivity index (χ1n) is 8.75. The minimum absolute atomic E-state index is 0.125. The zero-order valence-corrected chi connectivity index (χ0v) is 14.6. The van der Waals surface area contributed by atoms with Crippen LogP contribution in [0.25, 0.3) is 0 Å². The maximum absolute atomic E-state index is 12.4. The average Bonchev–Trinajstić information content (AvgIpc) is 3.15. The van der Waals surface area contributed by atoms with Gasteiger partial charge in [-0.05, 0) is 49.9 Å². The van der Waals surface area contributed by atoms with Crippen LogP contribution >= 0.6 is 0 Å². The number of hydrogen-bond acceptors (Lipinski definition) is 4. The molecule has 6 nitrogen and oxygen atoms in total. The Kier molecular flexibility index (Phi) is 5.26. The van der Waals surface area contributed by atoms with Gasteiger partial charge in [-0.2, -0.15) is 0 Å². The highest BCUT2D eigenvalue weighted by Gasteiger charge is 2.28. The van der Waals surface area contributed by atoms with Crippen LogP contribution in [0.5, 0.6) is 0 Å². The largest absolute Gasteiger partial charge is 0.459 e. The number of hydrogen-bond donors (Lipinski definition) is 2. The summed E-state index contributed by atoms with van der Waals surface area (Å²) < 4.78 is 10.5. The summed E-state index contributed by atoms with van der Waals surface area (Å²) in [6.45, 7) is 3.75. The van der Waals surface area contributed by atoms with Gasteiger partial charge in [0.05, 0.1) is 12.5 Å². The van der Waals surface area contributed by atoms with E-state index in [0.717, 1.165) is 43.2 Å². The van der Waals surface area contributed by atoms with E-state index in [0.29, 0.717) is 11.5 Å². The summed E-state index contributed by atoms with van der Waals surface area (Å²) in [6, 6.07) is 3.18. The molecule has 0 spiro atoms. The van der Waals surface area contributed by atoms with Gasteiger partial charge < -0.3 is 19.5 Å². The maximum atomic E-state index is 12.4. The van der Waals surface area contributed by atoms with Crippen molar-refractivity contribution in [1.82, 2.24) is 10.6 Å². The molecule has 6 heteroatoms. The summed E-state index contributed by atoms with van der Waals surface area (Å²) in [4.78, 5) is 24.8.